The second-order valence-corrected chi connectivity index (χ2v) is 7.39. The summed E-state index contributed by atoms with van der Waals surface area (Å²) in [5, 5.41) is 27.3. The van der Waals surface area contributed by atoms with Gasteiger partial charge in [0.05, 0.1) is 21.6 Å². The lowest BCUT2D eigenvalue weighted by Gasteiger charge is -2.34. The summed E-state index contributed by atoms with van der Waals surface area (Å²) in [7, 11) is 0. The highest BCUT2D eigenvalue weighted by Gasteiger charge is 2.35. The Labute approximate surface area is 174 Å². The summed E-state index contributed by atoms with van der Waals surface area (Å²) in [5.74, 6) is 0.548. The molecule has 0 radical (unpaired) electrons. The standard InChI is InChI=1S/C20H16N4O7/c1-20(2)17(22-21-14-6-5-12(23(26)27)9-15(14)24(28)29)10-13-16(31-20)7-3-11-4-8-18(25)30-19(11)13/h3-9,21H,10H2,1-2H3. The number of nitrogens with zero attached hydrogens (tertiary/aromatic N) is 3. The maximum Gasteiger partial charge on any atom is 0.336 e. The van der Waals surface area contributed by atoms with E-state index in [-0.39, 0.29) is 12.1 Å². The molecule has 0 atom stereocenters. The summed E-state index contributed by atoms with van der Waals surface area (Å²) in [6.45, 7) is 3.57. The first-order valence-corrected chi connectivity index (χ1v) is 9.16. The van der Waals surface area contributed by atoms with E-state index in [0.29, 0.717) is 22.6 Å². The molecular weight excluding hydrogens is 408 g/mol. The first kappa shape index (κ1) is 20.0. The highest BCUT2D eigenvalue weighted by atomic mass is 16.6. The minimum Gasteiger partial charge on any atom is -0.481 e. The van der Waals surface area contributed by atoms with Crippen molar-refractivity contribution in [1.82, 2.24) is 0 Å². The largest absolute Gasteiger partial charge is 0.481 e. The van der Waals surface area contributed by atoms with E-state index >= 15 is 0 Å². The number of benzene rings is 2. The zero-order chi connectivity index (χ0) is 22.3. The van der Waals surface area contributed by atoms with Crippen LogP contribution in [-0.2, 0) is 6.42 Å². The lowest BCUT2D eigenvalue weighted by Crippen LogP contribution is -2.43. The SMILES string of the molecule is CC1(C)Oc2ccc3ccc(=O)oc3c2CC1=NNc1ccc([N+](=O)[O-])cc1[N+](=O)[O-]. The fourth-order valence-electron chi connectivity index (χ4n) is 3.33. The van der Waals surface area contributed by atoms with E-state index in [4.69, 9.17) is 9.15 Å². The quantitative estimate of drug-likeness (QED) is 0.377. The van der Waals surface area contributed by atoms with Gasteiger partial charge < -0.3 is 9.15 Å². The molecule has 2 aromatic carbocycles. The van der Waals surface area contributed by atoms with Gasteiger partial charge in [-0.2, -0.15) is 5.10 Å². The Morgan fingerprint density at radius 2 is 1.81 bits per heavy atom. The van der Waals surface area contributed by atoms with Gasteiger partial charge in [0.2, 0.25) is 0 Å². The van der Waals surface area contributed by atoms with Crippen LogP contribution in [0.25, 0.3) is 11.0 Å². The molecule has 0 aliphatic carbocycles. The summed E-state index contributed by atoms with van der Waals surface area (Å²) in [5.41, 5.74) is 1.89. The first-order valence-electron chi connectivity index (χ1n) is 9.16. The highest BCUT2D eigenvalue weighted by Crippen LogP contribution is 2.36. The van der Waals surface area contributed by atoms with Crippen LogP contribution in [0.2, 0.25) is 0 Å². The molecule has 0 bridgehead atoms. The molecule has 0 fully saturated rings. The van der Waals surface area contributed by atoms with E-state index < -0.39 is 32.4 Å². The van der Waals surface area contributed by atoms with Crippen molar-refractivity contribution >= 4 is 33.7 Å². The smallest absolute Gasteiger partial charge is 0.336 e. The molecule has 1 aliphatic rings. The number of rotatable bonds is 4. The van der Waals surface area contributed by atoms with Gasteiger partial charge in [-0.3, -0.25) is 25.7 Å². The third-order valence-electron chi connectivity index (χ3n) is 4.95. The first-order chi connectivity index (χ1) is 14.7. The van der Waals surface area contributed by atoms with Crippen molar-refractivity contribution in [1.29, 1.82) is 0 Å². The van der Waals surface area contributed by atoms with Crippen LogP contribution in [0.4, 0.5) is 17.1 Å². The molecule has 31 heavy (non-hydrogen) atoms. The van der Waals surface area contributed by atoms with Gasteiger partial charge in [0, 0.05) is 29.5 Å². The van der Waals surface area contributed by atoms with Gasteiger partial charge in [-0.05, 0) is 38.1 Å². The Morgan fingerprint density at radius 1 is 1.06 bits per heavy atom. The van der Waals surface area contributed by atoms with Crippen molar-refractivity contribution in [2.75, 3.05) is 5.43 Å². The Balaban J connectivity index is 1.74. The number of hydrogen-bond donors (Lipinski definition) is 1. The topological polar surface area (TPSA) is 150 Å². The Kier molecular flexibility index (Phi) is 4.65. The molecule has 158 valence electrons. The lowest BCUT2D eigenvalue weighted by atomic mass is 9.91. The second-order valence-electron chi connectivity index (χ2n) is 7.39. The van der Waals surface area contributed by atoms with E-state index in [2.05, 4.69) is 10.5 Å². The summed E-state index contributed by atoms with van der Waals surface area (Å²) in [6, 6.07) is 9.78. The number of hydrazone groups is 1. The lowest BCUT2D eigenvalue weighted by molar-refractivity contribution is -0.393. The monoisotopic (exact) mass is 424 g/mol. The average Bonchev–Trinajstić information content (AvgIpc) is 2.71. The molecule has 3 aromatic rings. The van der Waals surface area contributed by atoms with Crippen molar-refractivity contribution in [3.63, 3.8) is 0 Å². The van der Waals surface area contributed by atoms with Gasteiger partial charge >= 0.3 is 11.3 Å². The van der Waals surface area contributed by atoms with Crippen molar-refractivity contribution in [2.45, 2.75) is 25.9 Å². The fraction of sp³-hybridized carbons (Fsp3) is 0.200. The zero-order valence-corrected chi connectivity index (χ0v) is 16.4. The van der Waals surface area contributed by atoms with Crippen LogP contribution in [0, 0.1) is 20.2 Å². The molecule has 4 rings (SSSR count). The predicted molar refractivity (Wildman–Crippen MR) is 112 cm³/mol. The van der Waals surface area contributed by atoms with Crippen molar-refractivity contribution in [2.24, 2.45) is 5.10 Å². The summed E-state index contributed by atoms with van der Waals surface area (Å²) in [6.07, 6.45) is 0.264. The van der Waals surface area contributed by atoms with Gasteiger partial charge in [0.1, 0.15) is 22.6 Å². The fourth-order valence-corrected chi connectivity index (χ4v) is 3.33. The number of nitro groups is 2. The summed E-state index contributed by atoms with van der Waals surface area (Å²) < 4.78 is 11.4. The highest BCUT2D eigenvalue weighted by molar-refractivity contribution is 5.99. The Bertz CT molecular complexity index is 1330. The molecule has 2 heterocycles. The van der Waals surface area contributed by atoms with Crippen LogP contribution in [0.15, 0.2) is 56.8 Å². The van der Waals surface area contributed by atoms with E-state index in [9.17, 15) is 25.0 Å². The van der Waals surface area contributed by atoms with Crippen LogP contribution >= 0.6 is 0 Å². The number of nitrogens with one attached hydrogen (secondary N) is 1. The van der Waals surface area contributed by atoms with Crippen LogP contribution in [-0.4, -0.2) is 21.2 Å². The van der Waals surface area contributed by atoms with Gasteiger partial charge in [-0.1, -0.05) is 0 Å². The number of ether oxygens (including phenoxy) is 1. The Hall–Kier alpha value is -4.28. The Morgan fingerprint density at radius 3 is 2.52 bits per heavy atom. The van der Waals surface area contributed by atoms with Crippen LogP contribution in [0.5, 0.6) is 5.75 Å². The number of hydrogen-bond acceptors (Lipinski definition) is 9. The van der Waals surface area contributed by atoms with Gasteiger partial charge in [0.25, 0.3) is 5.69 Å². The van der Waals surface area contributed by atoms with E-state index in [1.807, 2.05) is 0 Å². The molecular formula is C20H16N4O7. The van der Waals surface area contributed by atoms with Gasteiger partial charge in [-0.25, -0.2) is 4.79 Å². The molecule has 1 aromatic heterocycles. The van der Waals surface area contributed by atoms with Crippen LogP contribution < -0.4 is 15.8 Å². The molecule has 0 saturated heterocycles. The minimum atomic E-state index is -0.863. The van der Waals surface area contributed by atoms with Crippen molar-refractivity contribution in [3.05, 3.63) is 78.7 Å². The second kappa shape index (κ2) is 7.20. The van der Waals surface area contributed by atoms with Crippen LogP contribution in [0.1, 0.15) is 19.4 Å². The number of non-ortho nitro benzene ring substituents is 1. The number of anilines is 1. The van der Waals surface area contributed by atoms with Gasteiger partial charge in [0.15, 0.2) is 0 Å². The molecule has 11 heteroatoms. The molecule has 0 saturated carbocycles. The van der Waals surface area contributed by atoms with Crippen LogP contribution in [0.3, 0.4) is 0 Å². The van der Waals surface area contributed by atoms with Crippen molar-refractivity contribution < 1.29 is 19.0 Å². The third-order valence-corrected chi connectivity index (χ3v) is 4.95. The zero-order valence-electron chi connectivity index (χ0n) is 16.4. The molecule has 0 amide bonds. The van der Waals surface area contributed by atoms with E-state index in [1.165, 1.54) is 12.1 Å². The normalized spacial score (nSPS) is 15.9. The molecule has 1 N–H and O–H groups in total. The molecule has 0 spiro atoms. The van der Waals surface area contributed by atoms with Gasteiger partial charge in [-0.15, -0.1) is 0 Å². The molecule has 0 unspecified atom stereocenters. The predicted octanol–water partition coefficient (Wildman–Crippen LogP) is 3.79. The van der Waals surface area contributed by atoms with Crippen molar-refractivity contribution in [3.8, 4) is 5.75 Å². The maximum absolute atomic E-state index is 11.7. The van der Waals surface area contributed by atoms with E-state index in [0.717, 1.165) is 17.5 Å². The average molecular weight is 424 g/mol. The number of fused-ring (bicyclic) bond motifs is 3. The summed E-state index contributed by atoms with van der Waals surface area (Å²) in [4.78, 5) is 32.5. The third kappa shape index (κ3) is 3.68. The minimum absolute atomic E-state index is 0.00542. The summed E-state index contributed by atoms with van der Waals surface area (Å²) >= 11 is 0. The molecule has 1 aliphatic heterocycles. The van der Waals surface area contributed by atoms with E-state index in [1.54, 1.807) is 32.0 Å². The number of nitro benzene ring substituents is 2. The maximum atomic E-state index is 11.7. The molecule has 11 nitrogen and oxygen atoms in total.